The standard InChI is InChI=1S/C18H16N2O3/c21-16-17(22)19-15(11-13-7-3-1-4-8-13)20(18(16)23)12-14-9-5-2-6-10-14/h1-10,21-22H,11-12H2. The third-order valence-electron chi connectivity index (χ3n) is 3.59. The average molecular weight is 308 g/mol. The van der Waals surface area contributed by atoms with E-state index in [9.17, 15) is 15.0 Å². The second-order valence-electron chi connectivity index (χ2n) is 5.24. The van der Waals surface area contributed by atoms with Crippen molar-refractivity contribution in [1.82, 2.24) is 9.55 Å². The Balaban J connectivity index is 2.05. The van der Waals surface area contributed by atoms with Crippen LogP contribution in [0.2, 0.25) is 0 Å². The van der Waals surface area contributed by atoms with Gasteiger partial charge in [0.2, 0.25) is 5.75 Å². The van der Waals surface area contributed by atoms with Crippen molar-refractivity contribution in [1.29, 1.82) is 0 Å². The maximum atomic E-state index is 12.3. The number of aromatic hydroxyl groups is 2. The fraction of sp³-hybridized carbons (Fsp3) is 0.111. The molecule has 0 aliphatic carbocycles. The lowest BCUT2D eigenvalue weighted by molar-refractivity contribution is 0.372. The SMILES string of the molecule is O=c1c(O)c(O)nc(Cc2ccccc2)n1Cc1ccccc1. The minimum Gasteiger partial charge on any atom is -0.499 e. The van der Waals surface area contributed by atoms with Gasteiger partial charge >= 0.3 is 0 Å². The zero-order valence-corrected chi connectivity index (χ0v) is 12.4. The van der Waals surface area contributed by atoms with Crippen LogP contribution in [0.4, 0.5) is 0 Å². The molecule has 3 aromatic rings. The number of rotatable bonds is 4. The monoisotopic (exact) mass is 308 g/mol. The molecule has 0 aliphatic rings. The molecule has 23 heavy (non-hydrogen) atoms. The Morgan fingerprint density at radius 1 is 0.870 bits per heavy atom. The number of benzene rings is 2. The Hall–Kier alpha value is -3.08. The summed E-state index contributed by atoms with van der Waals surface area (Å²) in [5, 5.41) is 19.4. The quantitative estimate of drug-likeness (QED) is 0.775. The van der Waals surface area contributed by atoms with E-state index in [4.69, 9.17) is 0 Å². The van der Waals surface area contributed by atoms with Gasteiger partial charge in [0.1, 0.15) is 5.82 Å². The van der Waals surface area contributed by atoms with E-state index in [0.29, 0.717) is 12.2 Å². The Bertz CT molecular complexity index is 859. The third kappa shape index (κ3) is 3.23. The van der Waals surface area contributed by atoms with Crippen LogP contribution in [0, 0.1) is 0 Å². The van der Waals surface area contributed by atoms with Gasteiger partial charge in [0.25, 0.3) is 11.4 Å². The minimum atomic E-state index is -0.724. The molecule has 0 fully saturated rings. The summed E-state index contributed by atoms with van der Waals surface area (Å²) < 4.78 is 1.39. The molecule has 1 aromatic heterocycles. The van der Waals surface area contributed by atoms with Crippen molar-refractivity contribution in [2.24, 2.45) is 0 Å². The summed E-state index contributed by atoms with van der Waals surface area (Å²) in [4.78, 5) is 16.3. The first-order chi connectivity index (χ1) is 11.1. The highest BCUT2D eigenvalue weighted by Crippen LogP contribution is 2.19. The molecule has 0 aliphatic heterocycles. The van der Waals surface area contributed by atoms with Crippen molar-refractivity contribution in [2.45, 2.75) is 13.0 Å². The van der Waals surface area contributed by atoms with E-state index in [1.165, 1.54) is 4.57 Å². The maximum Gasteiger partial charge on any atom is 0.300 e. The molecule has 0 saturated heterocycles. The van der Waals surface area contributed by atoms with Gasteiger partial charge < -0.3 is 10.2 Å². The zero-order valence-electron chi connectivity index (χ0n) is 12.4. The summed E-state index contributed by atoms with van der Waals surface area (Å²) in [5.41, 5.74) is 1.23. The summed E-state index contributed by atoms with van der Waals surface area (Å²) in [7, 11) is 0. The predicted octanol–water partition coefficient (Wildman–Crippen LogP) is 2.29. The van der Waals surface area contributed by atoms with E-state index < -0.39 is 17.2 Å². The molecular formula is C18H16N2O3. The summed E-state index contributed by atoms with van der Waals surface area (Å²) in [5.74, 6) is -0.955. The second-order valence-corrected chi connectivity index (χ2v) is 5.24. The molecule has 0 atom stereocenters. The lowest BCUT2D eigenvalue weighted by atomic mass is 10.1. The van der Waals surface area contributed by atoms with Gasteiger partial charge in [-0.3, -0.25) is 9.36 Å². The Morgan fingerprint density at radius 3 is 2.04 bits per heavy atom. The average Bonchev–Trinajstić information content (AvgIpc) is 2.58. The third-order valence-corrected chi connectivity index (χ3v) is 3.59. The van der Waals surface area contributed by atoms with E-state index in [2.05, 4.69) is 4.98 Å². The molecule has 116 valence electrons. The van der Waals surface area contributed by atoms with Crippen LogP contribution in [-0.2, 0) is 13.0 Å². The molecule has 1 heterocycles. The summed E-state index contributed by atoms with van der Waals surface area (Å²) in [6.07, 6.45) is 0.386. The van der Waals surface area contributed by atoms with Gasteiger partial charge in [0.15, 0.2) is 0 Å². The molecule has 0 saturated carbocycles. The molecule has 5 nitrogen and oxygen atoms in total. The maximum absolute atomic E-state index is 12.3. The van der Waals surface area contributed by atoms with Crippen molar-refractivity contribution in [3.63, 3.8) is 0 Å². The van der Waals surface area contributed by atoms with E-state index in [1.807, 2.05) is 60.7 Å². The molecule has 0 amide bonds. The van der Waals surface area contributed by atoms with Crippen molar-refractivity contribution >= 4 is 0 Å². The van der Waals surface area contributed by atoms with Crippen LogP contribution in [0.3, 0.4) is 0 Å². The van der Waals surface area contributed by atoms with Gasteiger partial charge in [-0.1, -0.05) is 60.7 Å². The molecule has 2 aromatic carbocycles. The van der Waals surface area contributed by atoms with E-state index in [1.54, 1.807) is 0 Å². The van der Waals surface area contributed by atoms with Gasteiger partial charge in [0.05, 0.1) is 6.54 Å². The molecule has 3 rings (SSSR count). The highest BCUT2D eigenvalue weighted by Gasteiger charge is 2.16. The Morgan fingerprint density at radius 2 is 1.43 bits per heavy atom. The van der Waals surface area contributed by atoms with Crippen LogP contribution in [0.5, 0.6) is 11.6 Å². The van der Waals surface area contributed by atoms with Crippen LogP contribution < -0.4 is 5.56 Å². The highest BCUT2D eigenvalue weighted by molar-refractivity contribution is 5.31. The van der Waals surface area contributed by atoms with E-state index in [0.717, 1.165) is 11.1 Å². The van der Waals surface area contributed by atoms with Crippen molar-refractivity contribution in [3.8, 4) is 11.6 Å². The van der Waals surface area contributed by atoms with Crippen molar-refractivity contribution < 1.29 is 10.2 Å². The lowest BCUT2D eigenvalue weighted by Gasteiger charge is -2.13. The van der Waals surface area contributed by atoms with Gasteiger partial charge in [0, 0.05) is 6.42 Å². The van der Waals surface area contributed by atoms with Crippen LogP contribution in [0.25, 0.3) is 0 Å². The molecule has 0 unspecified atom stereocenters. The number of hydrogen-bond donors (Lipinski definition) is 2. The summed E-state index contributed by atoms with van der Waals surface area (Å²) >= 11 is 0. The first kappa shape index (κ1) is 14.8. The van der Waals surface area contributed by atoms with E-state index >= 15 is 0 Å². The first-order valence-corrected chi connectivity index (χ1v) is 7.24. The largest absolute Gasteiger partial charge is 0.499 e. The lowest BCUT2D eigenvalue weighted by Crippen LogP contribution is -2.25. The number of nitrogens with zero attached hydrogens (tertiary/aromatic N) is 2. The molecule has 2 N–H and O–H groups in total. The van der Waals surface area contributed by atoms with Gasteiger partial charge in [-0.15, -0.1) is 0 Å². The number of hydrogen-bond acceptors (Lipinski definition) is 4. The van der Waals surface area contributed by atoms with Crippen LogP contribution in [-0.4, -0.2) is 19.8 Å². The van der Waals surface area contributed by atoms with Crippen LogP contribution >= 0.6 is 0 Å². The van der Waals surface area contributed by atoms with E-state index in [-0.39, 0.29) is 6.54 Å². The normalized spacial score (nSPS) is 10.6. The fourth-order valence-electron chi connectivity index (χ4n) is 2.42. The Kier molecular flexibility index (Phi) is 4.10. The summed E-state index contributed by atoms with van der Waals surface area (Å²) in [6.45, 7) is 0.280. The first-order valence-electron chi connectivity index (χ1n) is 7.24. The minimum absolute atomic E-state index is 0.280. The van der Waals surface area contributed by atoms with Crippen molar-refractivity contribution in [3.05, 3.63) is 88.0 Å². The van der Waals surface area contributed by atoms with Crippen molar-refractivity contribution in [2.75, 3.05) is 0 Å². The van der Waals surface area contributed by atoms with Crippen LogP contribution in [0.15, 0.2) is 65.5 Å². The van der Waals surface area contributed by atoms with Crippen LogP contribution in [0.1, 0.15) is 17.0 Å². The Labute approximate surface area is 133 Å². The molecule has 0 bridgehead atoms. The second kappa shape index (κ2) is 6.36. The molecule has 5 heteroatoms. The summed E-state index contributed by atoms with van der Waals surface area (Å²) in [6, 6.07) is 19.0. The van der Waals surface area contributed by atoms with Gasteiger partial charge in [-0.25, -0.2) is 0 Å². The van der Waals surface area contributed by atoms with Gasteiger partial charge in [-0.05, 0) is 11.1 Å². The fourth-order valence-corrected chi connectivity index (χ4v) is 2.42. The highest BCUT2D eigenvalue weighted by atomic mass is 16.3. The molecular weight excluding hydrogens is 292 g/mol. The molecule has 0 spiro atoms. The van der Waals surface area contributed by atoms with Gasteiger partial charge in [-0.2, -0.15) is 4.98 Å². The molecule has 0 radical (unpaired) electrons. The zero-order chi connectivity index (χ0) is 16.2. The predicted molar refractivity (Wildman–Crippen MR) is 86.6 cm³/mol. The smallest absolute Gasteiger partial charge is 0.300 e. The number of aromatic nitrogens is 2. The topological polar surface area (TPSA) is 75.3 Å².